The summed E-state index contributed by atoms with van der Waals surface area (Å²) < 4.78 is 5.22. The predicted octanol–water partition coefficient (Wildman–Crippen LogP) is 1.50. The molecule has 1 heterocycles. The summed E-state index contributed by atoms with van der Waals surface area (Å²) in [4.78, 5) is 0. The van der Waals surface area contributed by atoms with Crippen LogP contribution in [0.25, 0.3) is 0 Å². The quantitative estimate of drug-likeness (QED) is 0.693. The van der Waals surface area contributed by atoms with E-state index in [0.717, 1.165) is 5.57 Å². The normalized spacial score (nSPS) is 22.5. The lowest BCUT2D eigenvalue weighted by Gasteiger charge is -2.33. The van der Waals surface area contributed by atoms with Crippen molar-refractivity contribution < 1.29 is 9.84 Å². The minimum atomic E-state index is -0.826. The molecular formula is C12H19NO2. The smallest absolute Gasteiger partial charge is 0.0940 e. The van der Waals surface area contributed by atoms with Crippen LogP contribution < -0.4 is 5.73 Å². The van der Waals surface area contributed by atoms with E-state index in [1.165, 1.54) is 0 Å². The highest BCUT2D eigenvalue weighted by Gasteiger charge is 2.32. The van der Waals surface area contributed by atoms with Crippen LogP contribution in [0.5, 0.6) is 0 Å². The molecule has 0 spiro atoms. The summed E-state index contributed by atoms with van der Waals surface area (Å²) in [5.74, 6) is 0. The van der Waals surface area contributed by atoms with Gasteiger partial charge in [0.05, 0.1) is 5.60 Å². The van der Waals surface area contributed by atoms with E-state index in [2.05, 4.69) is 6.58 Å². The summed E-state index contributed by atoms with van der Waals surface area (Å²) in [6, 6.07) is 0. The molecule has 1 fully saturated rings. The Hall–Kier alpha value is -1.06. The molecule has 0 atom stereocenters. The fourth-order valence-electron chi connectivity index (χ4n) is 1.64. The predicted molar refractivity (Wildman–Crippen MR) is 61.2 cm³/mol. The van der Waals surface area contributed by atoms with Crippen LogP contribution in [0.3, 0.4) is 0 Å². The van der Waals surface area contributed by atoms with Crippen molar-refractivity contribution in [3.8, 4) is 0 Å². The lowest BCUT2D eigenvalue weighted by molar-refractivity contribution is -0.0373. The number of nitrogens with two attached hydrogens (primary N) is 1. The molecule has 0 aliphatic carbocycles. The SMILES string of the molecule is C=C/C(=C\C(N)=C/C)C1(O)CCOCC1. The van der Waals surface area contributed by atoms with Crippen LogP contribution in [-0.4, -0.2) is 23.9 Å². The molecule has 0 saturated carbocycles. The monoisotopic (exact) mass is 209 g/mol. The van der Waals surface area contributed by atoms with E-state index in [-0.39, 0.29) is 0 Å². The summed E-state index contributed by atoms with van der Waals surface area (Å²) in [6.07, 6.45) is 6.44. The topological polar surface area (TPSA) is 55.5 Å². The molecule has 0 aromatic heterocycles. The maximum absolute atomic E-state index is 10.4. The minimum Gasteiger partial charge on any atom is -0.399 e. The van der Waals surface area contributed by atoms with Gasteiger partial charge in [0, 0.05) is 31.8 Å². The van der Waals surface area contributed by atoms with Crippen LogP contribution in [0, 0.1) is 0 Å². The largest absolute Gasteiger partial charge is 0.399 e. The molecule has 0 aromatic rings. The molecule has 0 bridgehead atoms. The zero-order valence-corrected chi connectivity index (χ0v) is 9.20. The van der Waals surface area contributed by atoms with E-state index < -0.39 is 5.60 Å². The Balaban J connectivity index is 2.89. The lowest BCUT2D eigenvalue weighted by atomic mass is 9.85. The van der Waals surface area contributed by atoms with Gasteiger partial charge in [-0.3, -0.25) is 0 Å². The Bertz CT molecular complexity index is 286. The van der Waals surface area contributed by atoms with Gasteiger partial charge in [-0.1, -0.05) is 18.7 Å². The van der Waals surface area contributed by atoms with Crippen molar-refractivity contribution in [2.24, 2.45) is 5.73 Å². The number of hydrogen-bond acceptors (Lipinski definition) is 3. The van der Waals surface area contributed by atoms with Crippen LogP contribution in [0.4, 0.5) is 0 Å². The Morgan fingerprint density at radius 2 is 2.07 bits per heavy atom. The average molecular weight is 209 g/mol. The highest BCUT2D eigenvalue weighted by molar-refractivity contribution is 5.34. The Morgan fingerprint density at radius 3 is 2.53 bits per heavy atom. The molecule has 3 heteroatoms. The van der Waals surface area contributed by atoms with E-state index in [1.807, 2.05) is 6.92 Å². The zero-order valence-electron chi connectivity index (χ0n) is 9.20. The van der Waals surface area contributed by atoms with Crippen LogP contribution >= 0.6 is 0 Å². The summed E-state index contributed by atoms with van der Waals surface area (Å²) in [6.45, 7) is 6.74. The molecule has 0 radical (unpaired) electrons. The molecule has 0 aromatic carbocycles. The van der Waals surface area contributed by atoms with E-state index in [1.54, 1.807) is 18.2 Å². The van der Waals surface area contributed by atoms with Crippen molar-refractivity contribution >= 4 is 0 Å². The maximum Gasteiger partial charge on any atom is 0.0940 e. The van der Waals surface area contributed by atoms with Crippen LogP contribution in [-0.2, 0) is 4.74 Å². The number of ether oxygens (including phenoxy) is 1. The Kier molecular flexibility index (Phi) is 4.12. The standard InChI is InChI=1S/C12H19NO2/c1-3-10(9-11(13)4-2)12(14)5-7-15-8-6-12/h3-4,9,14H,1,5-8,13H2,2H3/b10-9+,11-4+. The van der Waals surface area contributed by atoms with E-state index in [9.17, 15) is 5.11 Å². The summed E-state index contributed by atoms with van der Waals surface area (Å²) in [5.41, 5.74) is 6.31. The number of aliphatic hydroxyl groups is 1. The van der Waals surface area contributed by atoms with Crippen LogP contribution in [0.1, 0.15) is 19.8 Å². The summed E-state index contributed by atoms with van der Waals surface area (Å²) >= 11 is 0. The second kappa shape index (κ2) is 5.14. The molecule has 1 aliphatic heterocycles. The third kappa shape index (κ3) is 2.94. The highest BCUT2D eigenvalue weighted by atomic mass is 16.5. The molecule has 1 aliphatic rings. The Morgan fingerprint density at radius 1 is 1.47 bits per heavy atom. The van der Waals surface area contributed by atoms with Crippen molar-refractivity contribution in [3.05, 3.63) is 36.1 Å². The molecule has 1 saturated heterocycles. The second-order valence-corrected chi connectivity index (χ2v) is 3.74. The maximum atomic E-state index is 10.4. The van der Waals surface area contributed by atoms with Crippen molar-refractivity contribution in [2.45, 2.75) is 25.4 Å². The first kappa shape index (κ1) is 12.0. The van der Waals surface area contributed by atoms with Gasteiger partial charge in [-0.05, 0) is 18.6 Å². The molecule has 0 amide bonds. The van der Waals surface area contributed by atoms with E-state index in [0.29, 0.717) is 31.8 Å². The fraction of sp³-hybridized carbons (Fsp3) is 0.500. The van der Waals surface area contributed by atoms with Gasteiger partial charge in [0.2, 0.25) is 0 Å². The minimum absolute atomic E-state index is 0.581. The number of hydrogen-bond donors (Lipinski definition) is 2. The third-order valence-electron chi connectivity index (χ3n) is 2.73. The average Bonchev–Trinajstić information content (AvgIpc) is 2.26. The van der Waals surface area contributed by atoms with Gasteiger partial charge in [-0.15, -0.1) is 0 Å². The molecule has 1 rings (SSSR count). The van der Waals surface area contributed by atoms with Crippen molar-refractivity contribution in [1.29, 1.82) is 0 Å². The van der Waals surface area contributed by atoms with Crippen molar-refractivity contribution in [3.63, 3.8) is 0 Å². The molecule has 3 N–H and O–H groups in total. The Labute approximate surface area is 90.9 Å². The van der Waals surface area contributed by atoms with Gasteiger partial charge in [-0.25, -0.2) is 0 Å². The van der Waals surface area contributed by atoms with Gasteiger partial charge in [-0.2, -0.15) is 0 Å². The molecular weight excluding hydrogens is 190 g/mol. The zero-order chi connectivity index (χ0) is 11.3. The second-order valence-electron chi connectivity index (χ2n) is 3.74. The van der Waals surface area contributed by atoms with Gasteiger partial charge in [0.15, 0.2) is 0 Å². The van der Waals surface area contributed by atoms with Gasteiger partial charge >= 0.3 is 0 Å². The van der Waals surface area contributed by atoms with Gasteiger partial charge in [0.1, 0.15) is 0 Å². The lowest BCUT2D eigenvalue weighted by Crippen LogP contribution is -2.37. The highest BCUT2D eigenvalue weighted by Crippen LogP contribution is 2.29. The molecule has 3 nitrogen and oxygen atoms in total. The first-order valence-electron chi connectivity index (χ1n) is 5.19. The first-order chi connectivity index (χ1) is 7.12. The van der Waals surface area contributed by atoms with E-state index >= 15 is 0 Å². The molecule has 15 heavy (non-hydrogen) atoms. The van der Waals surface area contributed by atoms with Crippen LogP contribution in [0.2, 0.25) is 0 Å². The van der Waals surface area contributed by atoms with Crippen molar-refractivity contribution in [1.82, 2.24) is 0 Å². The van der Waals surface area contributed by atoms with E-state index in [4.69, 9.17) is 10.5 Å². The fourth-order valence-corrected chi connectivity index (χ4v) is 1.64. The molecule has 0 unspecified atom stereocenters. The number of allylic oxidation sites excluding steroid dienone is 2. The molecule has 84 valence electrons. The van der Waals surface area contributed by atoms with Crippen molar-refractivity contribution in [2.75, 3.05) is 13.2 Å². The van der Waals surface area contributed by atoms with Gasteiger partial charge in [0.25, 0.3) is 0 Å². The third-order valence-corrected chi connectivity index (χ3v) is 2.73. The summed E-state index contributed by atoms with van der Waals surface area (Å²) in [5, 5.41) is 10.4. The first-order valence-corrected chi connectivity index (χ1v) is 5.19. The van der Waals surface area contributed by atoms with Gasteiger partial charge < -0.3 is 15.6 Å². The number of rotatable bonds is 3. The summed E-state index contributed by atoms with van der Waals surface area (Å²) in [7, 11) is 0. The van der Waals surface area contributed by atoms with Crippen LogP contribution in [0.15, 0.2) is 36.1 Å².